The zero-order chi connectivity index (χ0) is 11.8. The second-order valence-corrected chi connectivity index (χ2v) is 4.55. The number of aromatic amines is 1. The van der Waals surface area contributed by atoms with E-state index in [1.807, 2.05) is 6.07 Å². The zero-order valence-corrected chi connectivity index (χ0v) is 9.94. The van der Waals surface area contributed by atoms with Gasteiger partial charge in [-0.2, -0.15) is 0 Å². The highest BCUT2D eigenvalue weighted by molar-refractivity contribution is 6.33. The number of hydrogen-bond donors (Lipinski definition) is 2. The number of aromatic nitrogens is 1. The van der Waals surface area contributed by atoms with E-state index in [9.17, 15) is 4.39 Å². The molecule has 0 saturated heterocycles. The summed E-state index contributed by atoms with van der Waals surface area (Å²) in [6.45, 7) is 1.76. The first-order valence-corrected chi connectivity index (χ1v) is 6.01. The zero-order valence-electron chi connectivity index (χ0n) is 9.19. The second-order valence-electron chi connectivity index (χ2n) is 4.17. The molecule has 0 bridgehead atoms. The summed E-state index contributed by atoms with van der Waals surface area (Å²) in [5, 5.41) is 4.66. The molecule has 88 valence electrons. The number of rotatable bonds is 1. The highest BCUT2D eigenvalue weighted by atomic mass is 35.5. The highest BCUT2D eigenvalue weighted by Crippen LogP contribution is 2.33. The molecule has 1 aromatic heterocycles. The second kappa shape index (κ2) is 4.17. The Bertz CT molecular complexity index is 601. The highest BCUT2D eigenvalue weighted by Gasteiger charge is 2.17. The maximum absolute atomic E-state index is 13.6. The fraction of sp³-hybridized carbons (Fsp3) is 0.231. The SMILES string of the molecule is Fc1cccc2c(C3=CCCNC3)c(Cl)[nH]c12. The van der Waals surface area contributed by atoms with E-state index in [0.717, 1.165) is 36.0 Å². The van der Waals surface area contributed by atoms with E-state index in [2.05, 4.69) is 16.4 Å². The number of halogens is 2. The van der Waals surface area contributed by atoms with Gasteiger partial charge in [0.25, 0.3) is 0 Å². The van der Waals surface area contributed by atoms with Gasteiger partial charge in [-0.25, -0.2) is 4.39 Å². The molecule has 2 heterocycles. The normalized spacial score (nSPS) is 16.2. The molecule has 3 rings (SSSR count). The first-order chi connectivity index (χ1) is 8.27. The first kappa shape index (κ1) is 10.8. The van der Waals surface area contributed by atoms with Gasteiger partial charge in [0.2, 0.25) is 0 Å². The van der Waals surface area contributed by atoms with Crippen molar-refractivity contribution in [2.75, 3.05) is 13.1 Å². The Morgan fingerprint density at radius 1 is 1.29 bits per heavy atom. The van der Waals surface area contributed by atoms with Crippen molar-refractivity contribution in [3.05, 3.63) is 40.8 Å². The molecule has 2 aromatic rings. The van der Waals surface area contributed by atoms with Crippen LogP contribution in [0.3, 0.4) is 0 Å². The Morgan fingerprint density at radius 3 is 2.94 bits per heavy atom. The van der Waals surface area contributed by atoms with Crippen molar-refractivity contribution in [3.8, 4) is 0 Å². The monoisotopic (exact) mass is 250 g/mol. The fourth-order valence-corrected chi connectivity index (χ4v) is 2.62. The lowest BCUT2D eigenvalue weighted by atomic mass is 10.0. The summed E-state index contributed by atoms with van der Waals surface area (Å²) in [6.07, 6.45) is 3.14. The number of benzene rings is 1. The molecule has 1 aliphatic heterocycles. The Hall–Kier alpha value is -1.32. The molecule has 17 heavy (non-hydrogen) atoms. The molecule has 4 heteroatoms. The van der Waals surface area contributed by atoms with Gasteiger partial charge in [0, 0.05) is 17.5 Å². The van der Waals surface area contributed by atoms with Gasteiger partial charge in [-0.3, -0.25) is 0 Å². The van der Waals surface area contributed by atoms with Gasteiger partial charge in [-0.05, 0) is 24.6 Å². The lowest BCUT2D eigenvalue weighted by Crippen LogP contribution is -2.21. The largest absolute Gasteiger partial charge is 0.343 e. The van der Waals surface area contributed by atoms with E-state index in [1.165, 1.54) is 6.07 Å². The van der Waals surface area contributed by atoms with Crippen LogP contribution >= 0.6 is 11.6 Å². The van der Waals surface area contributed by atoms with Crippen molar-refractivity contribution in [3.63, 3.8) is 0 Å². The molecule has 0 unspecified atom stereocenters. The maximum Gasteiger partial charge on any atom is 0.147 e. The molecule has 2 N–H and O–H groups in total. The lowest BCUT2D eigenvalue weighted by Gasteiger charge is -2.14. The van der Waals surface area contributed by atoms with Crippen LogP contribution in [-0.4, -0.2) is 18.1 Å². The number of hydrogen-bond acceptors (Lipinski definition) is 1. The maximum atomic E-state index is 13.6. The quantitative estimate of drug-likeness (QED) is 0.798. The molecule has 1 aromatic carbocycles. The van der Waals surface area contributed by atoms with Crippen molar-refractivity contribution in [2.24, 2.45) is 0 Å². The van der Waals surface area contributed by atoms with Gasteiger partial charge in [0.15, 0.2) is 0 Å². The average molecular weight is 251 g/mol. The van der Waals surface area contributed by atoms with Gasteiger partial charge in [0.05, 0.1) is 5.52 Å². The summed E-state index contributed by atoms with van der Waals surface area (Å²) in [7, 11) is 0. The summed E-state index contributed by atoms with van der Waals surface area (Å²) >= 11 is 6.18. The van der Waals surface area contributed by atoms with Crippen LogP contribution in [0.25, 0.3) is 16.5 Å². The van der Waals surface area contributed by atoms with Crippen molar-refractivity contribution in [1.29, 1.82) is 0 Å². The Labute approximate surface area is 103 Å². The van der Waals surface area contributed by atoms with Crippen LogP contribution in [0.15, 0.2) is 24.3 Å². The van der Waals surface area contributed by atoms with Crippen LogP contribution in [0.2, 0.25) is 5.15 Å². The third-order valence-electron chi connectivity index (χ3n) is 3.09. The van der Waals surface area contributed by atoms with Gasteiger partial charge in [-0.15, -0.1) is 0 Å². The van der Waals surface area contributed by atoms with E-state index in [0.29, 0.717) is 10.7 Å². The van der Waals surface area contributed by atoms with Crippen molar-refractivity contribution >= 4 is 28.1 Å². The fourth-order valence-electron chi connectivity index (χ4n) is 2.30. The van der Waals surface area contributed by atoms with Crippen LogP contribution < -0.4 is 5.32 Å². The Morgan fingerprint density at radius 2 is 2.18 bits per heavy atom. The summed E-state index contributed by atoms with van der Waals surface area (Å²) in [5.74, 6) is -0.264. The minimum Gasteiger partial charge on any atom is -0.343 e. The third-order valence-corrected chi connectivity index (χ3v) is 3.37. The van der Waals surface area contributed by atoms with Crippen molar-refractivity contribution in [2.45, 2.75) is 6.42 Å². The van der Waals surface area contributed by atoms with Crippen LogP contribution in [0.1, 0.15) is 12.0 Å². The number of para-hydroxylation sites is 1. The standard InChI is InChI=1S/C13H12ClFN2/c14-13-11(8-3-2-6-16-7-8)9-4-1-5-10(15)12(9)17-13/h1,3-5,16-17H,2,6-7H2. The van der Waals surface area contributed by atoms with E-state index in [1.54, 1.807) is 6.07 Å². The molecule has 1 aliphatic rings. The average Bonchev–Trinajstić information content (AvgIpc) is 2.68. The van der Waals surface area contributed by atoms with Gasteiger partial charge in [-0.1, -0.05) is 29.8 Å². The minimum absolute atomic E-state index is 0.264. The topological polar surface area (TPSA) is 27.8 Å². The lowest BCUT2D eigenvalue weighted by molar-refractivity contribution is 0.637. The summed E-state index contributed by atoms with van der Waals surface area (Å²) < 4.78 is 13.6. The van der Waals surface area contributed by atoms with Crippen LogP contribution in [0.4, 0.5) is 4.39 Å². The van der Waals surface area contributed by atoms with Gasteiger partial charge < -0.3 is 10.3 Å². The molecular formula is C13H12ClFN2. The number of nitrogens with one attached hydrogen (secondary N) is 2. The van der Waals surface area contributed by atoms with Crippen LogP contribution in [0.5, 0.6) is 0 Å². The molecule has 2 nitrogen and oxygen atoms in total. The van der Waals surface area contributed by atoms with Crippen LogP contribution in [0, 0.1) is 5.82 Å². The predicted octanol–water partition coefficient (Wildman–Crippen LogP) is 3.34. The molecule has 0 aliphatic carbocycles. The molecular weight excluding hydrogens is 239 g/mol. The van der Waals surface area contributed by atoms with Gasteiger partial charge in [0.1, 0.15) is 11.0 Å². The minimum atomic E-state index is -0.264. The first-order valence-electron chi connectivity index (χ1n) is 5.63. The van der Waals surface area contributed by atoms with Crippen molar-refractivity contribution in [1.82, 2.24) is 10.3 Å². The van der Waals surface area contributed by atoms with E-state index >= 15 is 0 Å². The number of H-pyrrole nitrogens is 1. The molecule has 0 spiro atoms. The van der Waals surface area contributed by atoms with Gasteiger partial charge >= 0.3 is 0 Å². The molecule has 0 saturated carbocycles. The Kier molecular flexibility index (Phi) is 2.65. The summed E-state index contributed by atoms with van der Waals surface area (Å²) in [4.78, 5) is 2.91. The van der Waals surface area contributed by atoms with E-state index < -0.39 is 0 Å². The smallest absolute Gasteiger partial charge is 0.147 e. The van der Waals surface area contributed by atoms with Crippen LogP contribution in [-0.2, 0) is 0 Å². The molecule has 0 fully saturated rings. The van der Waals surface area contributed by atoms with E-state index in [4.69, 9.17) is 11.6 Å². The molecule has 0 radical (unpaired) electrons. The predicted molar refractivity (Wildman–Crippen MR) is 68.7 cm³/mol. The van der Waals surface area contributed by atoms with E-state index in [-0.39, 0.29) is 5.82 Å². The summed E-state index contributed by atoms with van der Waals surface area (Å²) in [5.41, 5.74) is 2.55. The molecule has 0 atom stereocenters. The number of fused-ring (bicyclic) bond motifs is 1. The third kappa shape index (κ3) is 1.75. The summed E-state index contributed by atoms with van der Waals surface area (Å²) in [6, 6.07) is 5.04. The Balaban J connectivity index is 2.25. The molecule has 0 amide bonds. The van der Waals surface area contributed by atoms with Crippen molar-refractivity contribution < 1.29 is 4.39 Å².